The summed E-state index contributed by atoms with van der Waals surface area (Å²) < 4.78 is 41.7. The quantitative estimate of drug-likeness (QED) is 0.682. The molecule has 0 bridgehead atoms. The molecule has 1 aliphatic rings. The zero-order valence-electron chi connectivity index (χ0n) is 9.37. The summed E-state index contributed by atoms with van der Waals surface area (Å²) in [6.07, 6.45) is -0.930. The first-order valence-corrected chi connectivity index (χ1v) is 5.32. The molecule has 1 rings (SSSR count). The highest BCUT2D eigenvalue weighted by molar-refractivity contribution is 5.78. The number of esters is 1. The van der Waals surface area contributed by atoms with Gasteiger partial charge in [-0.3, -0.25) is 0 Å². The third kappa shape index (κ3) is 2.68. The minimum atomic E-state index is -3.55. The first kappa shape index (κ1) is 13.3. The summed E-state index contributed by atoms with van der Waals surface area (Å²) in [5.74, 6) is -6.31. The van der Waals surface area contributed by atoms with Crippen LogP contribution in [0.5, 0.6) is 0 Å². The van der Waals surface area contributed by atoms with Crippen LogP contribution < -0.4 is 0 Å². The van der Waals surface area contributed by atoms with E-state index < -0.39 is 24.1 Å². The van der Waals surface area contributed by atoms with Crippen molar-refractivity contribution in [2.45, 2.75) is 32.5 Å². The largest absolute Gasteiger partial charge is 0.462 e. The molecule has 1 aliphatic heterocycles. The summed E-state index contributed by atoms with van der Waals surface area (Å²) in [6.45, 7) is 3.53. The predicted octanol–water partition coefficient (Wildman–Crippen LogP) is 1.58. The van der Waals surface area contributed by atoms with Gasteiger partial charge in [-0.15, -0.1) is 0 Å². The van der Waals surface area contributed by atoms with Crippen LogP contribution in [0, 0.1) is 5.92 Å². The Hall–Kier alpha value is -0.750. The third-order valence-corrected chi connectivity index (χ3v) is 2.38. The highest BCUT2D eigenvalue weighted by atomic mass is 19.3. The molecule has 16 heavy (non-hydrogen) atoms. The van der Waals surface area contributed by atoms with Gasteiger partial charge in [-0.1, -0.05) is 0 Å². The Bertz CT molecular complexity index is 245. The van der Waals surface area contributed by atoms with E-state index in [1.165, 1.54) is 6.92 Å². The lowest BCUT2D eigenvalue weighted by atomic mass is 9.99. The van der Waals surface area contributed by atoms with Crippen LogP contribution in [0.1, 0.15) is 20.3 Å². The standard InChI is InChI=1S/C10H16F2O4/c1-3-14-8-7(5-6-16-8)10(11,12)9(13)15-4-2/h7-8H,3-6H2,1-2H3. The van der Waals surface area contributed by atoms with Crippen LogP contribution in [0.15, 0.2) is 0 Å². The van der Waals surface area contributed by atoms with E-state index in [-0.39, 0.29) is 26.2 Å². The number of hydrogen-bond donors (Lipinski definition) is 0. The molecule has 0 aromatic carbocycles. The number of rotatable bonds is 5. The van der Waals surface area contributed by atoms with Crippen LogP contribution in [0.3, 0.4) is 0 Å². The first-order chi connectivity index (χ1) is 7.54. The van der Waals surface area contributed by atoms with E-state index in [9.17, 15) is 13.6 Å². The molecule has 4 nitrogen and oxygen atoms in total. The zero-order chi connectivity index (χ0) is 12.2. The number of carbonyl (C=O) groups is 1. The van der Waals surface area contributed by atoms with Crippen molar-refractivity contribution in [2.24, 2.45) is 5.92 Å². The maximum atomic E-state index is 13.6. The second-order valence-corrected chi connectivity index (χ2v) is 3.43. The van der Waals surface area contributed by atoms with Crippen molar-refractivity contribution >= 4 is 5.97 Å². The summed E-state index contributed by atoms with van der Waals surface area (Å²) in [6, 6.07) is 0. The molecule has 0 saturated carbocycles. The second kappa shape index (κ2) is 5.54. The molecule has 6 heteroatoms. The molecule has 0 radical (unpaired) electrons. The van der Waals surface area contributed by atoms with Crippen molar-refractivity contribution in [1.82, 2.24) is 0 Å². The molecule has 1 saturated heterocycles. The van der Waals surface area contributed by atoms with Gasteiger partial charge in [0, 0.05) is 6.61 Å². The molecule has 2 atom stereocenters. The molecule has 1 fully saturated rings. The molecule has 0 spiro atoms. The summed E-state index contributed by atoms with van der Waals surface area (Å²) >= 11 is 0. The topological polar surface area (TPSA) is 44.8 Å². The first-order valence-electron chi connectivity index (χ1n) is 5.32. The zero-order valence-corrected chi connectivity index (χ0v) is 9.37. The lowest BCUT2D eigenvalue weighted by molar-refractivity contribution is -0.206. The monoisotopic (exact) mass is 238 g/mol. The van der Waals surface area contributed by atoms with Crippen molar-refractivity contribution < 1.29 is 27.8 Å². The van der Waals surface area contributed by atoms with Gasteiger partial charge in [0.1, 0.15) is 0 Å². The van der Waals surface area contributed by atoms with Gasteiger partial charge in [-0.05, 0) is 20.3 Å². The minimum Gasteiger partial charge on any atom is -0.462 e. The molecule has 2 unspecified atom stereocenters. The van der Waals surface area contributed by atoms with Crippen molar-refractivity contribution in [3.8, 4) is 0 Å². The van der Waals surface area contributed by atoms with Crippen LogP contribution >= 0.6 is 0 Å². The Labute approximate surface area is 92.9 Å². The summed E-state index contributed by atoms with van der Waals surface area (Å²) in [5.41, 5.74) is 0. The number of carbonyl (C=O) groups excluding carboxylic acids is 1. The molecule has 0 aromatic rings. The molecular weight excluding hydrogens is 222 g/mol. The third-order valence-electron chi connectivity index (χ3n) is 2.38. The van der Waals surface area contributed by atoms with Crippen molar-refractivity contribution in [3.63, 3.8) is 0 Å². The lowest BCUT2D eigenvalue weighted by Crippen LogP contribution is -2.43. The Morgan fingerprint density at radius 2 is 2.12 bits per heavy atom. The second-order valence-electron chi connectivity index (χ2n) is 3.43. The average Bonchev–Trinajstić information content (AvgIpc) is 2.67. The predicted molar refractivity (Wildman–Crippen MR) is 51.1 cm³/mol. The van der Waals surface area contributed by atoms with E-state index >= 15 is 0 Å². The molecule has 0 amide bonds. The van der Waals surface area contributed by atoms with E-state index in [4.69, 9.17) is 9.47 Å². The van der Waals surface area contributed by atoms with Gasteiger partial charge in [0.15, 0.2) is 6.29 Å². The van der Waals surface area contributed by atoms with E-state index in [2.05, 4.69) is 4.74 Å². The fourth-order valence-electron chi connectivity index (χ4n) is 1.62. The SMILES string of the molecule is CCOC(=O)C(F)(F)C1CCOC1OCC. The number of alkyl halides is 2. The maximum absolute atomic E-state index is 13.6. The molecular formula is C10H16F2O4. The Morgan fingerprint density at radius 1 is 1.44 bits per heavy atom. The van der Waals surface area contributed by atoms with Gasteiger partial charge >= 0.3 is 11.9 Å². The Morgan fingerprint density at radius 3 is 2.69 bits per heavy atom. The van der Waals surface area contributed by atoms with Gasteiger partial charge in [0.25, 0.3) is 0 Å². The van der Waals surface area contributed by atoms with Crippen LogP contribution in [-0.4, -0.2) is 38.0 Å². The highest BCUT2D eigenvalue weighted by Gasteiger charge is 2.54. The summed E-state index contributed by atoms with van der Waals surface area (Å²) in [7, 11) is 0. The van der Waals surface area contributed by atoms with Gasteiger partial charge in [-0.2, -0.15) is 8.78 Å². The van der Waals surface area contributed by atoms with Crippen molar-refractivity contribution in [2.75, 3.05) is 19.8 Å². The maximum Gasteiger partial charge on any atom is 0.377 e. The van der Waals surface area contributed by atoms with Crippen LogP contribution in [-0.2, 0) is 19.0 Å². The van der Waals surface area contributed by atoms with Gasteiger partial charge < -0.3 is 14.2 Å². The molecule has 0 aromatic heterocycles. The van der Waals surface area contributed by atoms with E-state index in [1.54, 1.807) is 6.92 Å². The van der Waals surface area contributed by atoms with E-state index in [0.717, 1.165) is 0 Å². The lowest BCUT2D eigenvalue weighted by Gasteiger charge is -2.25. The van der Waals surface area contributed by atoms with Crippen LogP contribution in [0.2, 0.25) is 0 Å². The van der Waals surface area contributed by atoms with E-state index in [1.807, 2.05) is 0 Å². The van der Waals surface area contributed by atoms with Crippen LogP contribution in [0.4, 0.5) is 8.78 Å². The van der Waals surface area contributed by atoms with Gasteiger partial charge in [0.05, 0.1) is 19.1 Å². The van der Waals surface area contributed by atoms with Crippen molar-refractivity contribution in [3.05, 3.63) is 0 Å². The normalized spacial score (nSPS) is 25.8. The fraction of sp³-hybridized carbons (Fsp3) is 0.900. The molecule has 94 valence electrons. The highest BCUT2D eigenvalue weighted by Crippen LogP contribution is 2.37. The minimum absolute atomic E-state index is 0.0682. The summed E-state index contributed by atoms with van der Waals surface area (Å²) in [4.78, 5) is 11.1. The summed E-state index contributed by atoms with van der Waals surface area (Å²) in [5, 5.41) is 0. The van der Waals surface area contributed by atoms with Crippen LogP contribution in [0.25, 0.3) is 0 Å². The fourth-order valence-corrected chi connectivity index (χ4v) is 1.62. The van der Waals surface area contributed by atoms with Crippen molar-refractivity contribution in [1.29, 1.82) is 0 Å². The molecule has 1 heterocycles. The van der Waals surface area contributed by atoms with Gasteiger partial charge in [-0.25, -0.2) is 4.79 Å². The number of hydrogen-bond acceptors (Lipinski definition) is 4. The van der Waals surface area contributed by atoms with Gasteiger partial charge in [0.2, 0.25) is 0 Å². The Balaban J connectivity index is 2.69. The smallest absolute Gasteiger partial charge is 0.377 e. The average molecular weight is 238 g/mol. The number of ether oxygens (including phenoxy) is 3. The number of halogens is 2. The molecule has 0 N–H and O–H groups in total. The molecule has 0 aliphatic carbocycles. The van der Waals surface area contributed by atoms with E-state index in [0.29, 0.717) is 0 Å². The Kier molecular flexibility index (Phi) is 4.61.